The third-order valence-corrected chi connectivity index (χ3v) is 5.17. The van der Waals surface area contributed by atoms with Gasteiger partial charge >= 0.3 is 0 Å². The van der Waals surface area contributed by atoms with Crippen LogP contribution in [0.2, 0.25) is 0 Å². The second-order valence-electron chi connectivity index (χ2n) is 6.07. The molecule has 3 rings (SSSR count). The van der Waals surface area contributed by atoms with Crippen LogP contribution in [0.25, 0.3) is 0 Å². The molecule has 112 valence electrons. The summed E-state index contributed by atoms with van der Waals surface area (Å²) in [6, 6.07) is 9.89. The molecule has 1 heterocycles. The predicted octanol–water partition coefficient (Wildman–Crippen LogP) is 2.31. The number of benzene rings is 1. The van der Waals surface area contributed by atoms with E-state index in [0.29, 0.717) is 5.56 Å². The topological polar surface area (TPSA) is 56.5 Å². The van der Waals surface area contributed by atoms with Gasteiger partial charge in [0.25, 0.3) is 0 Å². The monoisotopic (exact) mass is 286 g/mol. The van der Waals surface area contributed by atoms with Crippen molar-refractivity contribution in [3.05, 3.63) is 29.8 Å². The summed E-state index contributed by atoms with van der Waals surface area (Å²) in [5.74, 6) is 0. The minimum absolute atomic E-state index is 0.0287. The molecule has 1 aromatic rings. The third-order valence-electron chi connectivity index (χ3n) is 5.17. The molecule has 0 amide bonds. The minimum atomic E-state index is -0.211. The lowest BCUT2D eigenvalue weighted by molar-refractivity contribution is -0.199. The Morgan fingerprint density at radius 3 is 2.52 bits per heavy atom. The highest BCUT2D eigenvalue weighted by atomic mass is 16.5. The highest BCUT2D eigenvalue weighted by Crippen LogP contribution is 2.51. The van der Waals surface area contributed by atoms with Crippen molar-refractivity contribution in [2.24, 2.45) is 5.41 Å². The van der Waals surface area contributed by atoms with Gasteiger partial charge in [-0.25, -0.2) is 0 Å². The molecule has 0 bridgehead atoms. The lowest BCUT2D eigenvalue weighted by Gasteiger charge is -2.56. The van der Waals surface area contributed by atoms with Crippen LogP contribution < -0.4 is 4.90 Å². The first kappa shape index (κ1) is 14.4. The normalized spacial score (nSPS) is 27.2. The number of anilines is 1. The van der Waals surface area contributed by atoms with Crippen molar-refractivity contribution < 1.29 is 9.84 Å². The average molecular weight is 286 g/mol. The van der Waals surface area contributed by atoms with Crippen LogP contribution >= 0.6 is 0 Å². The minimum Gasteiger partial charge on any atom is -0.392 e. The van der Waals surface area contributed by atoms with Crippen LogP contribution in [0.4, 0.5) is 5.69 Å². The first-order chi connectivity index (χ1) is 10.2. The standard InChI is InChI=1S/C17H22N2O2/c1-2-21-16-11-15(20)17(16)7-9-19(10-8-17)14-5-3-13(12-18)4-6-14/h3-6,15-16,20H,2,7-11H2,1H3. The van der Waals surface area contributed by atoms with Crippen molar-refractivity contribution in [1.82, 2.24) is 0 Å². The lowest BCUT2D eigenvalue weighted by Crippen LogP contribution is -2.62. The molecule has 1 saturated carbocycles. The predicted molar refractivity (Wildman–Crippen MR) is 81.1 cm³/mol. The number of nitrogens with zero attached hydrogens (tertiary/aromatic N) is 2. The largest absolute Gasteiger partial charge is 0.392 e. The van der Waals surface area contributed by atoms with Crippen LogP contribution in [0, 0.1) is 16.7 Å². The van der Waals surface area contributed by atoms with E-state index in [1.807, 2.05) is 31.2 Å². The SMILES string of the molecule is CCOC1CC(O)C12CCN(c1ccc(C#N)cc1)CC2. The first-order valence-corrected chi connectivity index (χ1v) is 7.74. The third kappa shape index (κ3) is 2.41. The molecule has 2 atom stereocenters. The van der Waals surface area contributed by atoms with E-state index in [2.05, 4.69) is 11.0 Å². The van der Waals surface area contributed by atoms with E-state index in [4.69, 9.17) is 10.00 Å². The first-order valence-electron chi connectivity index (χ1n) is 7.74. The summed E-state index contributed by atoms with van der Waals surface area (Å²) in [6.45, 7) is 4.61. The number of rotatable bonds is 3. The number of piperidine rings is 1. The van der Waals surface area contributed by atoms with E-state index < -0.39 is 0 Å². The van der Waals surface area contributed by atoms with E-state index in [1.165, 1.54) is 0 Å². The maximum absolute atomic E-state index is 10.2. The Kier molecular flexibility index (Phi) is 3.88. The summed E-state index contributed by atoms with van der Waals surface area (Å²) < 4.78 is 5.80. The summed E-state index contributed by atoms with van der Waals surface area (Å²) in [5.41, 5.74) is 1.82. The molecule has 1 saturated heterocycles. The van der Waals surface area contributed by atoms with Crippen molar-refractivity contribution in [3.8, 4) is 6.07 Å². The molecule has 1 aliphatic heterocycles. The molecule has 4 nitrogen and oxygen atoms in total. The number of hydrogen-bond acceptors (Lipinski definition) is 4. The summed E-state index contributed by atoms with van der Waals surface area (Å²) in [5, 5.41) is 19.1. The highest BCUT2D eigenvalue weighted by molar-refractivity contribution is 5.50. The molecule has 2 fully saturated rings. The summed E-state index contributed by atoms with van der Waals surface area (Å²) in [6.07, 6.45) is 2.74. The Morgan fingerprint density at radius 2 is 2.00 bits per heavy atom. The fourth-order valence-corrected chi connectivity index (χ4v) is 3.74. The van der Waals surface area contributed by atoms with Gasteiger partial charge in [0.05, 0.1) is 23.8 Å². The molecule has 1 spiro atoms. The van der Waals surface area contributed by atoms with E-state index in [0.717, 1.165) is 44.6 Å². The zero-order valence-corrected chi connectivity index (χ0v) is 12.5. The summed E-state index contributed by atoms with van der Waals surface area (Å²) in [4.78, 5) is 2.33. The molecular weight excluding hydrogens is 264 g/mol. The maximum atomic E-state index is 10.2. The van der Waals surface area contributed by atoms with Crippen LogP contribution in [0.5, 0.6) is 0 Å². The van der Waals surface area contributed by atoms with Gasteiger partial charge in [-0.2, -0.15) is 5.26 Å². The van der Waals surface area contributed by atoms with Crippen LogP contribution in [0.15, 0.2) is 24.3 Å². The van der Waals surface area contributed by atoms with Crippen molar-refractivity contribution in [3.63, 3.8) is 0 Å². The zero-order chi connectivity index (χ0) is 14.9. The van der Waals surface area contributed by atoms with Crippen molar-refractivity contribution in [2.75, 3.05) is 24.6 Å². The van der Waals surface area contributed by atoms with Crippen molar-refractivity contribution >= 4 is 5.69 Å². The highest BCUT2D eigenvalue weighted by Gasteiger charge is 2.55. The molecule has 0 radical (unpaired) electrons. The van der Waals surface area contributed by atoms with Gasteiger partial charge in [0.2, 0.25) is 0 Å². The quantitative estimate of drug-likeness (QED) is 0.926. The van der Waals surface area contributed by atoms with Crippen LogP contribution in [0.1, 0.15) is 31.7 Å². The van der Waals surface area contributed by atoms with Crippen molar-refractivity contribution in [2.45, 2.75) is 38.4 Å². The van der Waals surface area contributed by atoms with Gasteiger partial charge in [-0.05, 0) is 44.0 Å². The Bertz CT molecular complexity index is 525. The van der Waals surface area contributed by atoms with Gasteiger partial charge in [-0.15, -0.1) is 0 Å². The van der Waals surface area contributed by atoms with Crippen LogP contribution in [0.3, 0.4) is 0 Å². The maximum Gasteiger partial charge on any atom is 0.0991 e. The van der Waals surface area contributed by atoms with Gasteiger partial charge in [-0.1, -0.05) is 0 Å². The van der Waals surface area contributed by atoms with E-state index in [1.54, 1.807) is 0 Å². The second-order valence-corrected chi connectivity index (χ2v) is 6.07. The van der Waals surface area contributed by atoms with Gasteiger partial charge < -0.3 is 14.7 Å². The number of aliphatic hydroxyl groups excluding tert-OH is 1. The fourth-order valence-electron chi connectivity index (χ4n) is 3.74. The van der Waals surface area contributed by atoms with E-state index in [-0.39, 0.29) is 17.6 Å². The molecule has 2 aliphatic rings. The van der Waals surface area contributed by atoms with Crippen molar-refractivity contribution in [1.29, 1.82) is 5.26 Å². The number of hydrogen-bond donors (Lipinski definition) is 1. The Hall–Kier alpha value is -1.57. The van der Waals surface area contributed by atoms with Crippen LogP contribution in [-0.2, 0) is 4.74 Å². The Balaban J connectivity index is 1.65. The van der Waals surface area contributed by atoms with E-state index in [9.17, 15) is 5.11 Å². The number of nitriles is 1. The van der Waals surface area contributed by atoms with Gasteiger partial charge in [0, 0.05) is 37.2 Å². The Morgan fingerprint density at radius 1 is 1.33 bits per heavy atom. The van der Waals surface area contributed by atoms with Gasteiger partial charge in [0.1, 0.15) is 0 Å². The number of ether oxygens (including phenoxy) is 1. The zero-order valence-electron chi connectivity index (χ0n) is 12.5. The lowest BCUT2D eigenvalue weighted by atomic mass is 9.58. The number of aliphatic hydroxyl groups is 1. The molecule has 4 heteroatoms. The second kappa shape index (κ2) is 5.67. The molecule has 1 aliphatic carbocycles. The molecular formula is C17H22N2O2. The molecule has 1 aromatic carbocycles. The fraction of sp³-hybridized carbons (Fsp3) is 0.588. The molecule has 0 aromatic heterocycles. The van der Waals surface area contributed by atoms with Crippen LogP contribution in [-0.4, -0.2) is 37.0 Å². The van der Waals surface area contributed by atoms with Gasteiger partial charge in [-0.3, -0.25) is 0 Å². The summed E-state index contributed by atoms with van der Waals surface area (Å²) >= 11 is 0. The molecule has 2 unspecified atom stereocenters. The average Bonchev–Trinajstić information content (AvgIpc) is 2.55. The van der Waals surface area contributed by atoms with E-state index >= 15 is 0 Å². The van der Waals surface area contributed by atoms with Gasteiger partial charge in [0.15, 0.2) is 0 Å². The molecule has 21 heavy (non-hydrogen) atoms. The Labute approximate surface area is 125 Å². The molecule has 1 N–H and O–H groups in total. The smallest absolute Gasteiger partial charge is 0.0991 e. The summed E-state index contributed by atoms with van der Waals surface area (Å²) in [7, 11) is 0.